The van der Waals surface area contributed by atoms with E-state index in [1.54, 1.807) is 18.0 Å². The molecule has 2 aromatic rings. The van der Waals surface area contributed by atoms with Gasteiger partial charge in [-0.1, -0.05) is 0 Å². The SMILES string of the molecule is C=C1Oc2cc(C(=O)Nc3ccn(C4O[C@H](CO)[C@@H](O)C4(F)F)c(=O)n3)ccc2N1C. The summed E-state index contributed by atoms with van der Waals surface area (Å²) in [6.45, 7) is 2.88. The topological polar surface area (TPSA) is 126 Å². The van der Waals surface area contributed by atoms with Crippen LogP contribution in [0.15, 0.2) is 47.7 Å². The molecule has 164 valence electrons. The van der Waals surface area contributed by atoms with E-state index in [9.17, 15) is 23.5 Å². The molecule has 12 heteroatoms. The van der Waals surface area contributed by atoms with Gasteiger partial charge in [-0.15, -0.1) is 0 Å². The van der Waals surface area contributed by atoms with Crippen LogP contribution in [0.25, 0.3) is 0 Å². The highest BCUT2D eigenvalue weighted by atomic mass is 19.3. The van der Waals surface area contributed by atoms with Gasteiger partial charge in [-0.3, -0.25) is 9.36 Å². The van der Waals surface area contributed by atoms with Gasteiger partial charge >= 0.3 is 11.6 Å². The van der Waals surface area contributed by atoms with E-state index in [-0.39, 0.29) is 11.4 Å². The average Bonchev–Trinajstić information content (AvgIpc) is 3.14. The van der Waals surface area contributed by atoms with Crippen LogP contribution in [0.2, 0.25) is 0 Å². The number of hydrogen-bond acceptors (Lipinski definition) is 8. The van der Waals surface area contributed by atoms with Crippen LogP contribution in [0, 0.1) is 0 Å². The molecule has 31 heavy (non-hydrogen) atoms. The lowest BCUT2D eigenvalue weighted by molar-refractivity contribution is -0.140. The van der Waals surface area contributed by atoms with E-state index in [0.717, 1.165) is 18.0 Å². The van der Waals surface area contributed by atoms with Crippen molar-refractivity contribution < 1.29 is 33.3 Å². The van der Waals surface area contributed by atoms with Crippen molar-refractivity contribution in [2.45, 2.75) is 24.4 Å². The number of carbonyl (C=O) groups excluding carboxylic acids is 1. The van der Waals surface area contributed by atoms with Crippen LogP contribution in [0.1, 0.15) is 16.6 Å². The maximum atomic E-state index is 14.2. The van der Waals surface area contributed by atoms with Crippen LogP contribution in [0.4, 0.5) is 20.3 Å². The zero-order valence-electron chi connectivity index (χ0n) is 16.2. The molecule has 2 aliphatic heterocycles. The van der Waals surface area contributed by atoms with Gasteiger partial charge < -0.3 is 29.9 Å². The van der Waals surface area contributed by atoms with Gasteiger partial charge in [0.25, 0.3) is 5.91 Å². The average molecular weight is 436 g/mol. The summed E-state index contributed by atoms with van der Waals surface area (Å²) in [5.74, 6) is -3.77. The number of nitrogens with zero attached hydrogens (tertiary/aromatic N) is 3. The number of fused-ring (bicyclic) bond motifs is 1. The van der Waals surface area contributed by atoms with Crippen LogP contribution in [0.5, 0.6) is 5.75 Å². The molecule has 0 radical (unpaired) electrons. The van der Waals surface area contributed by atoms with Gasteiger partial charge in [0.05, 0.1) is 12.3 Å². The molecule has 3 N–H and O–H groups in total. The van der Waals surface area contributed by atoms with Crippen LogP contribution >= 0.6 is 0 Å². The predicted molar refractivity (Wildman–Crippen MR) is 103 cm³/mol. The van der Waals surface area contributed by atoms with Crippen molar-refractivity contribution in [3.8, 4) is 5.75 Å². The first-order chi connectivity index (χ1) is 14.6. The lowest BCUT2D eigenvalue weighted by atomic mass is 10.1. The first kappa shape index (κ1) is 20.9. The Hall–Kier alpha value is -3.35. The number of benzene rings is 1. The number of alkyl halides is 2. The second-order valence-corrected chi connectivity index (χ2v) is 7.02. The Morgan fingerprint density at radius 1 is 1.39 bits per heavy atom. The van der Waals surface area contributed by atoms with Crippen LogP contribution in [-0.4, -0.2) is 57.5 Å². The molecule has 2 aliphatic rings. The highest BCUT2D eigenvalue weighted by molar-refractivity contribution is 6.04. The number of anilines is 2. The van der Waals surface area contributed by atoms with Gasteiger partial charge in [-0.25, -0.2) is 4.79 Å². The fourth-order valence-electron chi connectivity index (χ4n) is 3.31. The van der Waals surface area contributed by atoms with Crippen molar-refractivity contribution in [3.05, 3.63) is 59.0 Å². The monoisotopic (exact) mass is 436 g/mol. The lowest BCUT2D eigenvalue weighted by Gasteiger charge is -2.21. The van der Waals surface area contributed by atoms with Crippen molar-refractivity contribution in [3.63, 3.8) is 0 Å². The first-order valence-corrected chi connectivity index (χ1v) is 9.10. The summed E-state index contributed by atoms with van der Waals surface area (Å²) in [4.78, 5) is 30.1. The number of ether oxygens (including phenoxy) is 2. The molecule has 3 atom stereocenters. The van der Waals surface area contributed by atoms with E-state index in [0.29, 0.717) is 16.2 Å². The molecule has 0 bridgehead atoms. The van der Waals surface area contributed by atoms with Gasteiger partial charge in [0.15, 0.2) is 17.7 Å². The summed E-state index contributed by atoms with van der Waals surface area (Å²) in [5.41, 5.74) is -0.195. The summed E-state index contributed by atoms with van der Waals surface area (Å²) >= 11 is 0. The second kappa shape index (κ2) is 7.41. The molecule has 1 saturated heterocycles. The van der Waals surface area contributed by atoms with E-state index in [2.05, 4.69) is 16.9 Å². The zero-order chi connectivity index (χ0) is 22.5. The van der Waals surface area contributed by atoms with E-state index in [1.165, 1.54) is 12.1 Å². The molecule has 0 spiro atoms. The van der Waals surface area contributed by atoms with Crippen LogP contribution in [-0.2, 0) is 4.74 Å². The van der Waals surface area contributed by atoms with E-state index in [4.69, 9.17) is 14.6 Å². The van der Waals surface area contributed by atoms with Crippen molar-refractivity contribution in [1.29, 1.82) is 0 Å². The summed E-state index contributed by atoms with van der Waals surface area (Å²) in [7, 11) is 1.76. The summed E-state index contributed by atoms with van der Waals surface area (Å²) in [6.07, 6.45) is -5.03. The zero-order valence-corrected chi connectivity index (χ0v) is 16.2. The Bertz CT molecular complexity index is 1120. The number of aliphatic hydroxyl groups is 2. The van der Waals surface area contributed by atoms with Crippen molar-refractivity contribution in [2.24, 2.45) is 0 Å². The summed E-state index contributed by atoms with van der Waals surface area (Å²) in [5, 5.41) is 21.1. The normalized spacial score (nSPS) is 24.1. The number of aliphatic hydroxyl groups excluding tert-OH is 2. The number of halogens is 2. The maximum absolute atomic E-state index is 14.2. The molecule has 0 saturated carbocycles. The Morgan fingerprint density at radius 3 is 2.77 bits per heavy atom. The van der Waals surface area contributed by atoms with Gasteiger partial charge in [0.1, 0.15) is 11.9 Å². The molecule has 1 unspecified atom stereocenters. The number of rotatable bonds is 4. The Balaban J connectivity index is 1.53. The summed E-state index contributed by atoms with van der Waals surface area (Å²) in [6, 6.07) is 5.83. The van der Waals surface area contributed by atoms with E-state index >= 15 is 0 Å². The molecule has 1 amide bonds. The third kappa shape index (κ3) is 3.44. The fraction of sp³-hybridized carbons (Fsp3) is 0.316. The van der Waals surface area contributed by atoms with E-state index < -0.39 is 42.6 Å². The van der Waals surface area contributed by atoms with E-state index in [1.807, 2.05) is 0 Å². The third-order valence-electron chi connectivity index (χ3n) is 5.07. The van der Waals surface area contributed by atoms with Gasteiger partial charge in [-0.2, -0.15) is 13.8 Å². The Kier molecular flexibility index (Phi) is 5.00. The minimum Gasteiger partial charge on any atom is -0.439 e. The first-order valence-electron chi connectivity index (χ1n) is 9.10. The number of hydrogen-bond donors (Lipinski definition) is 3. The van der Waals surface area contributed by atoms with Gasteiger partial charge in [-0.05, 0) is 30.8 Å². The quantitative estimate of drug-likeness (QED) is 0.639. The number of carbonyl (C=O) groups is 1. The van der Waals surface area contributed by atoms with Crippen LogP contribution < -0.4 is 20.6 Å². The van der Waals surface area contributed by atoms with Crippen LogP contribution in [0.3, 0.4) is 0 Å². The smallest absolute Gasteiger partial charge is 0.351 e. The molecule has 0 aliphatic carbocycles. The largest absolute Gasteiger partial charge is 0.439 e. The number of nitrogens with one attached hydrogen (secondary N) is 1. The molecular weight excluding hydrogens is 418 g/mol. The molecule has 1 aromatic heterocycles. The third-order valence-corrected chi connectivity index (χ3v) is 5.07. The minimum atomic E-state index is -3.83. The molecule has 1 fully saturated rings. The van der Waals surface area contributed by atoms with Crippen molar-refractivity contribution in [2.75, 3.05) is 23.9 Å². The van der Waals surface area contributed by atoms with Gasteiger partial charge in [0.2, 0.25) is 6.23 Å². The molecular formula is C19H18F2N4O6. The van der Waals surface area contributed by atoms with Gasteiger partial charge in [0, 0.05) is 18.8 Å². The lowest BCUT2D eigenvalue weighted by Crippen LogP contribution is -2.41. The number of aromatic nitrogens is 2. The standard InChI is InChI=1S/C19H18F2N4O6/c1-9-24(2)11-4-3-10(7-12(11)30-9)16(28)22-14-5-6-25(18(29)23-14)17-19(20,21)15(27)13(8-26)31-17/h3-7,13,15,17,26-27H,1,8H2,2H3,(H,22,23,28,29)/t13-,15-,17?/m1/s1. The fourth-order valence-corrected chi connectivity index (χ4v) is 3.31. The van der Waals surface area contributed by atoms with Crippen molar-refractivity contribution >= 4 is 17.4 Å². The molecule has 10 nitrogen and oxygen atoms in total. The molecule has 4 rings (SSSR count). The minimum absolute atomic E-state index is 0.172. The van der Waals surface area contributed by atoms with Crippen molar-refractivity contribution in [1.82, 2.24) is 9.55 Å². The maximum Gasteiger partial charge on any atom is 0.351 e. The predicted octanol–water partition coefficient (Wildman–Crippen LogP) is 0.681. The second-order valence-electron chi connectivity index (χ2n) is 7.02. The highest BCUT2D eigenvalue weighted by Crippen LogP contribution is 2.42. The molecule has 3 heterocycles. The summed E-state index contributed by atoms with van der Waals surface area (Å²) < 4.78 is 39.3. The number of amides is 1. The highest BCUT2D eigenvalue weighted by Gasteiger charge is 2.59. The Labute approximate surface area is 174 Å². The Morgan fingerprint density at radius 2 is 2.13 bits per heavy atom. The molecule has 1 aromatic carbocycles.